The fraction of sp³-hybridized carbons (Fsp3) is 0.682. The topological polar surface area (TPSA) is 47.2 Å². The van der Waals surface area contributed by atoms with Gasteiger partial charge < -0.3 is 4.90 Å². The van der Waals surface area contributed by atoms with Crippen molar-refractivity contribution < 1.29 is 13.0 Å². The SMILES string of the molecule is CS(=O)Cn1c(=O)n(C2CCN(C3CCC(C)(C)CC3)CC2)c2cc(F)c(F)cc21. The summed E-state index contributed by atoms with van der Waals surface area (Å²) in [5.41, 5.74) is 0.805. The molecule has 2 fully saturated rings. The van der Waals surface area contributed by atoms with Crippen molar-refractivity contribution in [1.29, 1.82) is 0 Å². The van der Waals surface area contributed by atoms with Crippen LogP contribution in [0.1, 0.15) is 58.4 Å². The smallest absolute Gasteiger partial charge is 0.300 e. The average Bonchev–Trinajstić information content (AvgIpc) is 2.93. The molecule has 1 atom stereocenters. The summed E-state index contributed by atoms with van der Waals surface area (Å²) in [6.07, 6.45) is 8.00. The molecule has 1 unspecified atom stereocenters. The molecule has 5 nitrogen and oxygen atoms in total. The van der Waals surface area contributed by atoms with Gasteiger partial charge in [0.05, 0.1) is 11.0 Å². The summed E-state index contributed by atoms with van der Waals surface area (Å²) < 4.78 is 42.6. The second kappa shape index (κ2) is 8.19. The van der Waals surface area contributed by atoms with Gasteiger partial charge in [-0.25, -0.2) is 13.6 Å². The maximum absolute atomic E-state index is 14.0. The van der Waals surface area contributed by atoms with Crippen LogP contribution in [0.3, 0.4) is 0 Å². The van der Waals surface area contributed by atoms with Crippen LogP contribution in [0.15, 0.2) is 16.9 Å². The van der Waals surface area contributed by atoms with Gasteiger partial charge in [0, 0.05) is 54.4 Å². The van der Waals surface area contributed by atoms with Crippen molar-refractivity contribution in [2.24, 2.45) is 5.41 Å². The lowest BCUT2D eigenvalue weighted by molar-refractivity contribution is 0.0774. The lowest BCUT2D eigenvalue weighted by Crippen LogP contribution is -2.45. The molecule has 4 rings (SSSR count). The van der Waals surface area contributed by atoms with Crippen LogP contribution >= 0.6 is 0 Å². The van der Waals surface area contributed by atoms with E-state index in [0.717, 1.165) is 38.1 Å². The first-order valence-corrected chi connectivity index (χ1v) is 12.5. The zero-order chi connectivity index (χ0) is 21.6. The van der Waals surface area contributed by atoms with Crippen LogP contribution in [-0.4, -0.2) is 43.6 Å². The maximum atomic E-state index is 14.0. The van der Waals surface area contributed by atoms with Gasteiger partial charge >= 0.3 is 5.69 Å². The molecule has 2 aliphatic rings. The predicted molar refractivity (Wildman–Crippen MR) is 116 cm³/mol. The molecule has 0 spiro atoms. The fourth-order valence-electron chi connectivity index (χ4n) is 5.19. The molecule has 0 radical (unpaired) electrons. The standard InChI is InChI=1S/C22H31F2N3O2S/c1-22(2)8-4-15(5-9-22)25-10-6-16(7-11-25)27-20-13-18(24)17(23)12-19(20)26(21(27)28)14-30(3)29/h12-13,15-16H,4-11,14H2,1-3H3. The van der Waals surface area contributed by atoms with Crippen molar-refractivity contribution >= 4 is 21.8 Å². The van der Waals surface area contributed by atoms with Crippen LogP contribution in [-0.2, 0) is 16.7 Å². The summed E-state index contributed by atoms with van der Waals surface area (Å²) in [5, 5.41) is 0. The largest absolute Gasteiger partial charge is 0.330 e. The zero-order valence-corrected chi connectivity index (χ0v) is 18.8. The molecular formula is C22H31F2N3O2S. The average molecular weight is 440 g/mol. The molecule has 1 saturated heterocycles. The number of aromatic nitrogens is 2. The Morgan fingerprint density at radius 1 is 1.00 bits per heavy atom. The molecular weight excluding hydrogens is 408 g/mol. The molecule has 1 aromatic carbocycles. The Hall–Kier alpha value is -1.54. The number of hydrogen-bond donors (Lipinski definition) is 0. The first kappa shape index (κ1) is 21.7. The summed E-state index contributed by atoms with van der Waals surface area (Å²) in [7, 11) is -1.28. The molecule has 0 N–H and O–H groups in total. The van der Waals surface area contributed by atoms with E-state index < -0.39 is 22.4 Å². The maximum Gasteiger partial charge on any atom is 0.330 e. The number of nitrogens with zero attached hydrogens (tertiary/aromatic N) is 3. The Kier molecular flexibility index (Phi) is 5.92. The van der Waals surface area contributed by atoms with E-state index in [1.54, 1.807) is 4.57 Å². The summed E-state index contributed by atoms with van der Waals surface area (Å²) in [4.78, 5) is 15.7. The highest BCUT2D eigenvalue weighted by Crippen LogP contribution is 2.38. The number of piperidine rings is 1. The molecule has 1 saturated carbocycles. The molecule has 1 aliphatic heterocycles. The highest BCUT2D eigenvalue weighted by molar-refractivity contribution is 7.83. The van der Waals surface area contributed by atoms with Crippen molar-refractivity contribution in [1.82, 2.24) is 14.0 Å². The van der Waals surface area contributed by atoms with Gasteiger partial charge in [-0.2, -0.15) is 0 Å². The van der Waals surface area contributed by atoms with Crippen molar-refractivity contribution in [2.75, 3.05) is 19.3 Å². The Morgan fingerprint density at radius 2 is 1.57 bits per heavy atom. The van der Waals surface area contributed by atoms with E-state index in [4.69, 9.17) is 0 Å². The van der Waals surface area contributed by atoms with Crippen molar-refractivity contribution in [2.45, 2.75) is 70.3 Å². The molecule has 2 heterocycles. The first-order chi connectivity index (χ1) is 14.2. The number of rotatable bonds is 4. The first-order valence-electron chi connectivity index (χ1n) is 10.8. The van der Waals surface area contributed by atoms with E-state index in [2.05, 4.69) is 18.7 Å². The zero-order valence-electron chi connectivity index (χ0n) is 18.0. The summed E-state index contributed by atoms with van der Waals surface area (Å²) in [6, 6.07) is 2.70. The molecule has 30 heavy (non-hydrogen) atoms. The number of hydrogen-bond acceptors (Lipinski definition) is 3. The van der Waals surface area contributed by atoms with Crippen LogP contribution in [0.4, 0.5) is 8.78 Å². The van der Waals surface area contributed by atoms with Gasteiger partial charge in [0.2, 0.25) is 0 Å². The summed E-state index contributed by atoms with van der Waals surface area (Å²) >= 11 is 0. The Labute approximate surface area is 178 Å². The highest BCUT2D eigenvalue weighted by atomic mass is 32.2. The Balaban J connectivity index is 1.58. The minimum absolute atomic E-state index is 0.0237. The van der Waals surface area contributed by atoms with Gasteiger partial charge in [-0.05, 0) is 43.9 Å². The molecule has 0 bridgehead atoms. The van der Waals surface area contributed by atoms with Crippen molar-refractivity contribution in [3.05, 3.63) is 34.3 Å². The lowest BCUT2D eigenvalue weighted by atomic mass is 9.75. The Morgan fingerprint density at radius 3 is 2.13 bits per heavy atom. The molecule has 8 heteroatoms. The van der Waals surface area contributed by atoms with Crippen LogP contribution in [0, 0.1) is 17.0 Å². The fourth-order valence-corrected chi connectivity index (χ4v) is 5.80. The van der Waals surface area contributed by atoms with Crippen LogP contribution in [0.5, 0.6) is 0 Å². The van der Waals surface area contributed by atoms with Gasteiger partial charge in [-0.15, -0.1) is 0 Å². The van der Waals surface area contributed by atoms with Crippen LogP contribution < -0.4 is 5.69 Å². The molecule has 166 valence electrons. The number of fused-ring (bicyclic) bond motifs is 1. The van der Waals surface area contributed by atoms with Crippen LogP contribution in [0.2, 0.25) is 0 Å². The summed E-state index contributed by atoms with van der Waals surface area (Å²) in [5.74, 6) is -1.98. The number of imidazole rings is 1. The van der Waals surface area contributed by atoms with E-state index in [-0.39, 0.29) is 17.6 Å². The van der Waals surface area contributed by atoms with Crippen molar-refractivity contribution in [3.8, 4) is 0 Å². The highest BCUT2D eigenvalue weighted by Gasteiger charge is 2.33. The molecule has 1 aliphatic carbocycles. The van der Waals surface area contributed by atoms with Gasteiger partial charge in [0.15, 0.2) is 11.6 Å². The molecule has 0 amide bonds. The minimum Gasteiger partial charge on any atom is -0.300 e. The third kappa shape index (κ3) is 4.13. The predicted octanol–water partition coefficient (Wildman–Crippen LogP) is 4.02. The molecule has 1 aromatic heterocycles. The number of likely N-dealkylation sites (tertiary alicyclic amines) is 1. The van der Waals surface area contributed by atoms with E-state index in [1.165, 1.54) is 36.5 Å². The molecule has 2 aromatic rings. The monoisotopic (exact) mass is 439 g/mol. The van der Waals surface area contributed by atoms with Gasteiger partial charge in [-0.1, -0.05) is 13.8 Å². The third-order valence-electron chi connectivity index (χ3n) is 7.00. The van der Waals surface area contributed by atoms with Gasteiger partial charge in [0.25, 0.3) is 0 Å². The van der Waals surface area contributed by atoms with Crippen molar-refractivity contribution in [3.63, 3.8) is 0 Å². The van der Waals surface area contributed by atoms with E-state index in [0.29, 0.717) is 22.5 Å². The lowest BCUT2D eigenvalue weighted by Gasteiger charge is -2.43. The summed E-state index contributed by atoms with van der Waals surface area (Å²) in [6.45, 7) is 6.47. The second-order valence-corrected chi connectivity index (χ2v) is 11.1. The third-order valence-corrected chi connectivity index (χ3v) is 7.63. The number of benzene rings is 1. The normalized spacial score (nSPS) is 22.6. The number of halogens is 2. The van der Waals surface area contributed by atoms with Gasteiger partial charge in [-0.3, -0.25) is 13.3 Å². The Bertz CT molecular complexity index is 1010. The van der Waals surface area contributed by atoms with E-state index in [1.807, 2.05) is 0 Å². The minimum atomic E-state index is -1.28. The van der Waals surface area contributed by atoms with Crippen LogP contribution in [0.25, 0.3) is 11.0 Å². The quantitative estimate of drug-likeness (QED) is 0.723. The second-order valence-electron chi connectivity index (χ2n) is 9.70. The van der Waals surface area contributed by atoms with E-state index in [9.17, 15) is 17.8 Å². The van der Waals surface area contributed by atoms with Gasteiger partial charge in [0.1, 0.15) is 5.88 Å². The van der Waals surface area contributed by atoms with E-state index >= 15 is 0 Å².